The van der Waals surface area contributed by atoms with Crippen molar-refractivity contribution in [3.05, 3.63) is 37.9 Å². The first-order chi connectivity index (χ1) is 6.68. The van der Waals surface area contributed by atoms with E-state index in [1.165, 1.54) is 8.45 Å². The highest BCUT2D eigenvalue weighted by Gasteiger charge is 2.15. The van der Waals surface area contributed by atoms with Crippen molar-refractivity contribution in [2.75, 3.05) is 0 Å². The number of thiophene rings is 1. The molecule has 3 nitrogen and oxygen atoms in total. The zero-order valence-electron chi connectivity index (χ0n) is 7.64. The van der Waals surface area contributed by atoms with Crippen molar-refractivity contribution in [2.45, 2.75) is 6.04 Å². The summed E-state index contributed by atoms with van der Waals surface area (Å²) in [5.41, 5.74) is 7.03. The third kappa shape index (κ3) is 1.84. The number of rotatable bonds is 2. The summed E-state index contributed by atoms with van der Waals surface area (Å²) in [6.45, 7) is 0. The lowest BCUT2D eigenvalue weighted by Gasteiger charge is -2.06. The van der Waals surface area contributed by atoms with Crippen LogP contribution < -0.4 is 5.73 Å². The van der Waals surface area contributed by atoms with Gasteiger partial charge >= 0.3 is 0 Å². The number of aromatic nitrogens is 2. The molecule has 2 heterocycles. The van der Waals surface area contributed by atoms with E-state index in [1.807, 2.05) is 19.3 Å². The molecule has 0 spiro atoms. The summed E-state index contributed by atoms with van der Waals surface area (Å²) in [5.74, 6) is 0. The standard InChI is InChI=1S/C9H10IN3S/c1-13-4-2-7(12-13)8(11)9-6(10)3-5-14-9/h2-5,8H,11H2,1H3. The van der Waals surface area contributed by atoms with Crippen LogP contribution in [-0.2, 0) is 7.05 Å². The molecule has 2 N–H and O–H groups in total. The van der Waals surface area contributed by atoms with Crippen LogP contribution in [0.4, 0.5) is 0 Å². The predicted molar refractivity (Wildman–Crippen MR) is 66.3 cm³/mol. The predicted octanol–water partition coefficient (Wildman–Crippen LogP) is 2.13. The molecule has 2 rings (SSSR count). The Hall–Kier alpha value is -0.400. The highest BCUT2D eigenvalue weighted by Crippen LogP contribution is 2.27. The average molecular weight is 319 g/mol. The normalized spacial score (nSPS) is 13.1. The van der Waals surface area contributed by atoms with Crippen LogP contribution in [0.1, 0.15) is 16.6 Å². The van der Waals surface area contributed by atoms with Gasteiger partial charge in [-0.2, -0.15) is 5.10 Å². The molecular formula is C9H10IN3S. The molecule has 0 aliphatic heterocycles. The lowest BCUT2D eigenvalue weighted by atomic mass is 10.2. The SMILES string of the molecule is Cn1ccc(C(N)c2sccc2I)n1. The minimum absolute atomic E-state index is 0.0944. The van der Waals surface area contributed by atoms with Crippen LogP contribution in [0.3, 0.4) is 0 Å². The van der Waals surface area contributed by atoms with Gasteiger partial charge in [0.15, 0.2) is 0 Å². The molecule has 1 unspecified atom stereocenters. The monoisotopic (exact) mass is 319 g/mol. The molecule has 0 aliphatic carbocycles. The first kappa shape index (κ1) is 10.1. The summed E-state index contributed by atoms with van der Waals surface area (Å²) in [5, 5.41) is 6.36. The molecule has 0 saturated carbocycles. The maximum Gasteiger partial charge on any atom is 0.0849 e. The zero-order valence-corrected chi connectivity index (χ0v) is 10.6. The molecule has 0 radical (unpaired) electrons. The summed E-state index contributed by atoms with van der Waals surface area (Å²) in [6.07, 6.45) is 1.91. The molecular weight excluding hydrogens is 309 g/mol. The fourth-order valence-electron chi connectivity index (χ4n) is 1.26. The second-order valence-electron chi connectivity index (χ2n) is 3.02. The molecule has 2 aromatic rings. The maximum absolute atomic E-state index is 6.10. The van der Waals surface area contributed by atoms with Crippen LogP contribution >= 0.6 is 33.9 Å². The van der Waals surface area contributed by atoms with Gasteiger partial charge in [0.1, 0.15) is 0 Å². The largest absolute Gasteiger partial charge is 0.318 e. The molecule has 0 aliphatic rings. The molecule has 5 heteroatoms. The Morgan fingerprint density at radius 1 is 1.57 bits per heavy atom. The first-order valence-corrected chi connectivity index (χ1v) is 6.12. The minimum Gasteiger partial charge on any atom is -0.318 e. The van der Waals surface area contributed by atoms with Gasteiger partial charge < -0.3 is 5.73 Å². The molecule has 1 atom stereocenters. The highest BCUT2D eigenvalue weighted by atomic mass is 127. The van der Waals surface area contributed by atoms with Crippen molar-refractivity contribution in [2.24, 2.45) is 12.8 Å². The van der Waals surface area contributed by atoms with Gasteiger partial charge in [-0.1, -0.05) is 0 Å². The Labute approximate surface area is 100 Å². The van der Waals surface area contributed by atoms with Crippen molar-refractivity contribution >= 4 is 33.9 Å². The Kier molecular flexibility index (Phi) is 2.89. The smallest absolute Gasteiger partial charge is 0.0849 e. The molecule has 0 aromatic carbocycles. The number of halogens is 1. The van der Waals surface area contributed by atoms with Gasteiger partial charge in [-0.25, -0.2) is 0 Å². The number of aryl methyl sites for hydroxylation is 1. The summed E-state index contributed by atoms with van der Waals surface area (Å²) < 4.78 is 2.99. The third-order valence-corrected chi connectivity index (χ3v) is 4.29. The number of hydrogen-bond acceptors (Lipinski definition) is 3. The summed E-state index contributed by atoms with van der Waals surface area (Å²) >= 11 is 3.98. The van der Waals surface area contributed by atoms with Gasteiger partial charge in [-0.3, -0.25) is 4.68 Å². The molecule has 0 bridgehead atoms. The second-order valence-corrected chi connectivity index (χ2v) is 5.13. The molecule has 14 heavy (non-hydrogen) atoms. The van der Waals surface area contributed by atoms with Gasteiger partial charge in [-0.05, 0) is 40.1 Å². The Balaban J connectivity index is 2.33. The van der Waals surface area contributed by atoms with E-state index in [0.717, 1.165) is 5.69 Å². The topological polar surface area (TPSA) is 43.8 Å². The summed E-state index contributed by atoms with van der Waals surface area (Å²) in [6, 6.07) is 3.94. The minimum atomic E-state index is -0.0944. The van der Waals surface area contributed by atoms with Gasteiger partial charge in [0.25, 0.3) is 0 Å². The van der Waals surface area contributed by atoms with Gasteiger partial charge in [-0.15, -0.1) is 11.3 Å². The van der Waals surface area contributed by atoms with Crippen molar-refractivity contribution in [1.82, 2.24) is 9.78 Å². The van der Waals surface area contributed by atoms with Crippen LogP contribution in [0, 0.1) is 3.57 Å². The van der Waals surface area contributed by atoms with Gasteiger partial charge in [0.05, 0.1) is 11.7 Å². The van der Waals surface area contributed by atoms with Crippen LogP contribution in [0.5, 0.6) is 0 Å². The quantitative estimate of drug-likeness (QED) is 0.862. The average Bonchev–Trinajstić information content (AvgIpc) is 2.73. The van der Waals surface area contributed by atoms with E-state index in [2.05, 4.69) is 39.1 Å². The third-order valence-electron chi connectivity index (χ3n) is 1.98. The van der Waals surface area contributed by atoms with Gasteiger partial charge in [0.2, 0.25) is 0 Å². The molecule has 74 valence electrons. The fourth-order valence-corrected chi connectivity index (χ4v) is 3.20. The van der Waals surface area contributed by atoms with Crippen molar-refractivity contribution in [3.8, 4) is 0 Å². The second kappa shape index (κ2) is 4.00. The van der Waals surface area contributed by atoms with E-state index in [1.54, 1.807) is 16.0 Å². The number of hydrogen-bond donors (Lipinski definition) is 1. The van der Waals surface area contributed by atoms with E-state index >= 15 is 0 Å². The van der Waals surface area contributed by atoms with E-state index in [4.69, 9.17) is 5.73 Å². The molecule has 0 fully saturated rings. The molecule has 0 amide bonds. The van der Waals surface area contributed by atoms with Gasteiger partial charge in [0, 0.05) is 21.7 Å². The Bertz CT molecular complexity index is 435. The Morgan fingerprint density at radius 3 is 2.86 bits per heavy atom. The maximum atomic E-state index is 6.10. The van der Waals surface area contributed by atoms with Crippen LogP contribution in [0.25, 0.3) is 0 Å². The highest BCUT2D eigenvalue weighted by molar-refractivity contribution is 14.1. The first-order valence-electron chi connectivity index (χ1n) is 4.16. The van der Waals surface area contributed by atoms with E-state index < -0.39 is 0 Å². The van der Waals surface area contributed by atoms with Crippen LogP contribution in [-0.4, -0.2) is 9.78 Å². The van der Waals surface area contributed by atoms with Crippen molar-refractivity contribution in [3.63, 3.8) is 0 Å². The lowest BCUT2D eigenvalue weighted by Crippen LogP contribution is -2.12. The Morgan fingerprint density at radius 2 is 2.36 bits per heavy atom. The summed E-state index contributed by atoms with van der Waals surface area (Å²) in [4.78, 5) is 1.18. The number of nitrogens with zero attached hydrogens (tertiary/aromatic N) is 2. The fraction of sp³-hybridized carbons (Fsp3) is 0.222. The van der Waals surface area contributed by atoms with Crippen LogP contribution in [0.2, 0.25) is 0 Å². The lowest BCUT2D eigenvalue weighted by molar-refractivity contribution is 0.719. The van der Waals surface area contributed by atoms with Crippen molar-refractivity contribution in [1.29, 1.82) is 0 Å². The zero-order chi connectivity index (χ0) is 10.1. The van der Waals surface area contributed by atoms with E-state index in [0.29, 0.717) is 0 Å². The summed E-state index contributed by atoms with van der Waals surface area (Å²) in [7, 11) is 1.90. The van der Waals surface area contributed by atoms with Crippen molar-refractivity contribution < 1.29 is 0 Å². The van der Waals surface area contributed by atoms with E-state index in [-0.39, 0.29) is 6.04 Å². The molecule has 0 saturated heterocycles. The number of nitrogens with two attached hydrogens (primary N) is 1. The molecule has 2 aromatic heterocycles. The van der Waals surface area contributed by atoms with Crippen LogP contribution in [0.15, 0.2) is 23.7 Å². The van der Waals surface area contributed by atoms with E-state index in [9.17, 15) is 0 Å².